The molecule has 0 bridgehead atoms. The van der Waals surface area contributed by atoms with Crippen molar-refractivity contribution >= 4 is 27.7 Å². The molecule has 22 heavy (non-hydrogen) atoms. The molecule has 0 aromatic carbocycles. The van der Waals surface area contributed by atoms with E-state index in [1.807, 2.05) is 4.90 Å². The van der Waals surface area contributed by atoms with Gasteiger partial charge in [-0.05, 0) is 47.3 Å². The normalized spacial score (nSPS) is 16.0. The van der Waals surface area contributed by atoms with Crippen LogP contribution in [0.1, 0.15) is 43.7 Å². The van der Waals surface area contributed by atoms with E-state index < -0.39 is 0 Å². The Bertz CT molecular complexity index is 525. The number of rotatable bonds is 4. The molecule has 6 heteroatoms. The van der Waals surface area contributed by atoms with E-state index in [-0.39, 0.29) is 17.7 Å². The SMILES string of the molecule is CCC(CC)C(=O)N1CCCN(C(=O)c2ccc(Br)o2)CC1. The van der Waals surface area contributed by atoms with Crippen molar-refractivity contribution in [1.29, 1.82) is 0 Å². The second kappa shape index (κ2) is 7.81. The van der Waals surface area contributed by atoms with E-state index in [4.69, 9.17) is 4.42 Å². The van der Waals surface area contributed by atoms with Crippen molar-refractivity contribution in [1.82, 2.24) is 9.80 Å². The van der Waals surface area contributed by atoms with Crippen LogP contribution in [-0.4, -0.2) is 47.8 Å². The summed E-state index contributed by atoms with van der Waals surface area (Å²) in [6, 6.07) is 3.39. The lowest BCUT2D eigenvalue weighted by molar-refractivity contribution is -0.135. The second-order valence-electron chi connectivity index (χ2n) is 5.59. The van der Waals surface area contributed by atoms with E-state index >= 15 is 0 Å². The molecule has 2 heterocycles. The number of furan rings is 1. The smallest absolute Gasteiger partial charge is 0.289 e. The molecule has 0 N–H and O–H groups in total. The first-order chi connectivity index (χ1) is 10.6. The quantitative estimate of drug-likeness (QED) is 0.817. The Morgan fingerprint density at radius 1 is 1.14 bits per heavy atom. The molecule has 0 aliphatic carbocycles. The van der Waals surface area contributed by atoms with Crippen LogP contribution in [0.4, 0.5) is 0 Å². The van der Waals surface area contributed by atoms with E-state index in [0.29, 0.717) is 30.1 Å². The van der Waals surface area contributed by atoms with Gasteiger partial charge in [0.05, 0.1) is 0 Å². The molecule has 2 rings (SSSR count). The summed E-state index contributed by atoms with van der Waals surface area (Å²) in [5.74, 6) is 0.553. The summed E-state index contributed by atoms with van der Waals surface area (Å²) in [6.45, 7) is 6.64. The Balaban J connectivity index is 1.97. The third-order valence-corrected chi connectivity index (χ3v) is 4.64. The molecule has 1 aliphatic rings. The van der Waals surface area contributed by atoms with Crippen molar-refractivity contribution in [2.75, 3.05) is 26.2 Å². The predicted octanol–water partition coefficient (Wildman–Crippen LogP) is 3.15. The molecule has 122 valence electrons. The maximum Gasteiger partial charge on any atom is 0.289 e. The van der Waals surface area contributed by atoms with Gasteiger partial charge in [0.2, 0.25) is 5.91 Å². The fraction of sp³-hybridized carbons (Fsp3) is 0.625. The zero-order chi connectivity index (χ0) is 16.1. The Hall–Kier alpha value is -1.30. The summed E-state index contributed by atoms with van der Waals surface area (Å²) in [5, 5.41) is 0. The first-order valence-electron chi connectivity index (χ1n) is 7.90. The first-order valence-corrected chi connectivity index (χ1v) is 8.69. The van der Waals surface area contributed by atoms with Crippen LogP contribution in [0.15, 0.2) is 21.2 Å². The van der Waals surface area contributed by atoms with Gasteiger partial charge in [0.1, 0.15) is 0 Å². The van der Waals surface area contributed by atoms with Gasteiger partial charge >= 0.3 is 0 Å². The number of carbonyl (C=O) groups excluding carboxylic acids is 2. The van der Waals surface area contributed by atoms with Gasteiger partial charge in [0.15, 0.2) is 10.4 Å². The van der Waals surface area contributed by atoms with Crippen LogP contribution in [0.2, 0.25) is 0 Å². The largest absolute Gasteiger partial charge is 0.444 e. The fourth-order valence-electron chi connectivity index (χ4n) is 2.82. The van der Waals surface area contributed by atoms with Gasteiger partial charge < -0.3 is 14.2 Å². The topological polar surface area (TPSA) is 53.8 Å². The molecule has 5 nitrogen and oxygen atoms in total. The van der Waals surface area contributed by atoms with Crippen LogP contribution >= 0.6 is 15.9 Å². The number of hydrogen-bond donors (Lipinski definition) is 0. The molecule has 1 saturated heterocycles. The predicted molar refractivity (Wildman–Crippen MR) is 87.6 cm³/mol. The third-order valence-electron chi connectivity index (χ3n) is 4.21. The lowest BCUT2D eigenvalue weighted by Crippen LogP contribution is -2.39. The van der Waals surface area contributed by atoms with E-state index in [1.54, 1.807) is 17.0 Å². The van der Waals surface area contributed by atoms with E-state index in [1.165, 1.54) is 0 Å². The minimum Gasteiger partial charge on any atom is -0.444 e. The average Bonchev–Trinajstić information content (AvgIpc) is 2.81. The van der Waals surface area contributed by atoms with Crippen molar-refractivity contribution in [3.8, 4) is 0 Å². The minimum atomic E-state index is -0.109. The molecule has 1 aromatic heterocycles. The number of hydrogen-bond acceptors (Lipinski definition) is 3. The lowest BCUT2D eigenvalue weighted by atomic mass is 10.0. The summed E-state index contributed by atoms with van der Waals surface area (Å²) < 4.78 is 5.88. The molecule has 0 saturated carbocycles. The third kappa shape index (κ3) is 3.91. The molecule has 1 aromatic rings. The van der Waals surface area contributed by atoms with Gasteiger partial charge in [-0.25, -0.2) is 0 Å². The van der Waals surface area contributed by atoms with Gasteiger partial charge in [-0.2, -0.15) is 0 Å². The maximum atomic E-state index is 12.5. The van der Waals surface area contributed by atoms with Crippen LogP contribution in [0.3, 0.4) is 0 Å². The van der Waals surface area contributed by atoms with Gasteiger partial charge in [-0.3, -0.25) is 9.59 Å². The summed E-state index contributed by atoms with van der Waals surface area (Å²) in [4.78, 5) is 28.5. The zero-order valence-electron chi connectivity index (χ0n) is 13.2. The van der Waals surface area contributed by atoms with Crippen LogP contribution in [0, 0.1) is 5.92 Å². The summed E-state index contributed by atoms with van der Waals surface area (Å²) in [6.07, 6.45) is 2.54. The summed E-state index contributed by atoms with van der Waals surface area (Å²) >= 11 is 3.21. The molecule has 1 fully saturated rings. The molecular weight excluding hydrogens is 348 g/mol. The van der Waals surface area contributed by atoms with Gasteiger partial charge in [-0.15, -0.1) is 0 Å². The number of amides is 2. The highest BCUT2D eigenvalue weighted by atomic mass is 79.9. The van der Waals surface area contributed by atoms with Crippen molar-refractivity contribution in [3.05, 3.63) is 22.6 Å². The van der Waals surface area contributed by atoms with E-state index in [2.05, 4.69) is 29.8 Å². The zero-order valence-corrected chi connectivity index (χ0v) is 14.8. The van der Waals surface area contributed by atoms with Gasteiger partial charge in [0, 0.05) is 32.1 Å². The van der Waals surface area contributed by atoms with Crippen LogP contribution < -0.4 is 0 Å². The van der Waals surface area contributed by atoms with Gasteiger partial charge in [0.25, 0.3) is 5.91 Å². The minimum absolute atomic E-state index is 0.100. The Morgan fingerprint density at radius 2 is 1.77 bits per heavy atom. The molecule has 0 atom stereocenters. The standard InChI is InChI=1S/C16H23BrN2O3/c1-3-12(4-2)15(20)18-8-5-9-19(11-10-18)16(21)13-6-7-14(17)22-13/h6-7,12H,3-5,8-11H2,1-2H3. The van der Waals surface area contributed by atoms with Crippen molar-refractivity contribution in [3.63, 3.8) is 0 Å². The van der Waals surface area contributed by atoms with Crippen molar-refractivity contribution < 1.29 is 14.0 Å². The van der Waals surface area contributed by atoms with Crippen LogP contribution in [0.5, 0.6) is 0 Å². The fourth-order valence-corrected chi connectivity index (χ4v) is 3.13. The van der Waals surface area contributed by atoms with Crippen LogP contribution in [0.25, 0.3) is 0 Å². The summed E-state index contributed by atoms with van der Waals surface area (Å²) in [5.41, 5.74) is 0. The van der Waals surface area contributed by atoms with E-state index in [9.17, 15) is 9.59 Å². The van der Waals surface area contributed by atoms with E-state index in [0.717, 1.165) is 25.8 Å². The highest BCUT2D eigenvalue weighted by Gasteiger charge is 2.26. The molecule has 0 unspecified atom stereocenters. The highest BCUT2D eigenvalue weighted by Crippen LogP contribution is 2.18. The molecule has 0 spiro atoms. The average molecular weight is 371 g/mol. The summed E-state index contributed by atoms with van der Waals surface area (Å²) in [7, 11) is 0. The maximum absolute atomic E-state index is 12.5. The first kappa shape index (κ1) is 17.1. The Kier molecular flexibility index (Phi) is 6.06. The number of nitrogens with zero attached hydrogens (tertiary/aromatic N) is 2. The molecule has 0 radical (unpaired) electrons. The number of halogens is 1. The van der Waals surface area contributed by atoms with Crippen LogP contribution in [-0.2, 0) is 4.79 Å². The highest BCUT2D eigenvalue weighted by molar-refractivity contribution is 9.10. The number of carbonyl (C=O) groups is 2. The molecule has 1 aliphatic heterocycles. The van der Waals surface area contributed by atoms with Gasteiger partial charge in [-0.1, -0.05) is 13.8 Å². The molecule has 2 amide bonds. The second-order valence-corrected chi connectivity index (χ2v) is 6.37. The lowest BCUT2D eigenvalue weighted by Gasteiger charge is -2.25. The monoisotopic (exact) mass is 370 g/mol. The molecular formula is C16H23BrN2O3. The van der Waals surface area contributed by atoms with Crippen molar-refractivity contribution in [2.24, 2.45) is 5.92 Å². The Labute approximate surface area is 139 Å². The Morgan fingerprint density at radius 3 is 2.36 bits per heavy atom. The van der Waals surface area contributed by atoms with Crippen molar-refractivity contribution in [2.45, 2.75) is 33.1 Å².